The predicted octanol–water partition coefficient (Wildman–Crippen LogP) is 4.32. The van der Waals surface area contributed by atoms with Gasteiger partial charge in [-0.25, -0.2) is 0 Å². The van der Waals surface area contributed by atoms with Crippen LogP contribution in [0.2, 0.25) is 0 Å². The van der Waals surface area contributed by atoms with E-state index >= 15 is 0 Å². The third kappa shape index (κ3) is 5.60. The van der Waals surface area contributed by atoms with Gasteiger partial charge in [0.1, 0.15) is 5.75 Å². The highest BCUT2D eigenvalue weighted by Crippen LogP contribution is 2.26. The van der Waals surface area contributed by atoms with Gasteiger partial charge in [0.15, 0.2) is 0 Å². The van der Waals surface area contributed by atoms with Crippen LogP contribution in [0.3, 0.4) is 0 Å². The summed E-state index contributed by atoms with van der Waals surface area (Å²) in [5, 5.41) is 2.03. The molecule has 29 heavy (non-hydrogen) atoms. The third-order valence-electron chi connectivity index (χ3n) is 5.38. The number of thiophene rings is 1. The minimum absolute atomic E-state index is 0.123. The first kappa shape index (κ1) is 21.4. The molecule has 1 unspecified atom stereocenters. The SMILES string of the molecule is CCCC(=O)N1CCCC(C(=O)N(Cc2cccs2)Cc2ccccc2OC)C1. The number of amides is 2. The lowest BCUT2D eigenvalue weighted by Crippen LogP contribution is -2.46. The Morgan fingerprint density at radius 2 is 2.03 bits per heavy atom. The number of carbonyl (C=O) groups excluding carboxylic acids is 2. The van der Waals surface area contributed by atoms with Crippen molar-refractivity contribution in [3.63, 3.8) is 0 Å². The van der Waals surface area contributed by atoms with Gasteiger partial charge in [-0.1, -0.05) is 31.2 Å². The molecular formula is C23H30N2O3S. The molecule has 0 saturated carbocycles. The van der Waals surface area contributed by atoms with Gasteiger partial charge in [0.25, 0.3) is 0 Å². The van der Waals surface area contributed by atoms with Crippen LogP contribution in [0.5, 0.6) is 5.75 Å². The Bertz CT molecular complexity index is 806. The number of nitrogens with zero attached hydrogens (tertiary/aromatic N) is 2. The second-order valence-corrected chi connectivity index (χ2v) is 8.55. The average Bonchev–Trinajstić information content (AvgIpc) is 3.26. The summed E-state index contributed by atoms with van der Waals surface area (Å²) in [6.45, 7) is 4.39. The number of para-hydroxylation sites is 1. The number of hydrogen-bond acceptors (Lipinski definition) is 4. The van der Waals surface area contributed by atoms with E-state index in [-0.39, 0.29) is 17.7 Å². The third-order valence-corrected chi connectivity index (χ3v) is 6.24. The minimum Gasteiger partial charge on any atom is -0.496 e. The molecule has 2 aromatic rings. The fourth-order valence-electron chi connectivity index (χ4n) is 3.88. The number of carbonyl (C=O) groups is 2. The van der Waals surface area contributed by atoms with Crippen LogP contribution in [0.4, 0.5) is 0 Å². The first-order valence-electron chi connectivity index (χ1n) is 10.3. The Hall–Kier alpha value is -2.34. The lowest BCUT2D eigenvalue weighted by molar-refractivity contribution is -0.141. The van der Waals surface area contributed by atoms with E-state index in [9.17, 15) is 9.59 Å². The van der Waals surface area contributed by atoms with Crippen molar-refractivity contribution in [2.75, 3.05) is 20.2 Å². The van der Waals surface area contributed by atoms with Crippen LogP contribution in [0.1, 0.15) is 43.0 Å². The number of piperidine rings is 1. The summed E-state index contributed by atoms with van der Waals surface area (Å²) in [4.78, 5) is 30.8. The molecule has 5 nitrogen and oxygen atoms in total. The van der Waals surface area contributed by atoms with Gasteiger partial charge in [-0.15, -0.1) is 11.3 Å². The van der Waals surface area contributed by atoms with Gasteiger partial charge in [-0.2, -0.15) is 0 Å². The van der Waals surface area contributed by atoms with E-state index in [1.807, 2.05) is 52.4 Å². The summed E-state index contributed by atoms with van der Waals surface area (Å²) in [6.07, 6.45) is 3.11. The molecule has 1 aromatic carbocycles. The first-order valence-corrected chi connectivity index (χ1v) is 11.2. The van der Waals surface area contributed by atoms with Gasteiger partial charge >= 0.3 is 0 Å². The molecule has 1 saturated heterocycles. The van der Waals surface area contributed by atoms with Gasteiger partial charge < -0.3 is 14.5 Å². The van der Waals surface area contributed by atoms with Crippen LogP contribution < -0.4 is 4.74 Å². The zero-order valence-electron chi connectivity index (χ0n) is 17.3. The van der Waals surface area contributed by atoms with E-state index in [1.165, 1.54) is 0 Å². The van der Waals surface area contributed by atoms with Crippen molar-refractivity contribution >= 4 is 23.2 Å². The largest absolute Gasteiger partial charge is 0.496 e. The molecular weight excluding hydrogens is 384 g/mol. The fourth-order valence-corrected chi connectivity index (χ4v) is 4.60. The fraction of sp³-hybridized carbons (Fsp3) is 0.478. The van der Waals surface area contributed by atoms with Crippen LogP contribution >= 0.6 is 11.3 Å². The van der Waals surface area contributed by atoms with E-state index in [0.717, 1.165) is 42.0 Å². The van der Waals surface area contributed by atoms with Crippen molar-refractivity contribution in [2.45, 2.75) is 45.7 Å². The van der Waals surface area contributed by atoms with Crippen molar-refractivity contribution in [1.29, 1.82) is 0 Å². The monoisotopic (exact) mass is 414 g/mol. The molecule has 0 spiro atoms. The average molecular weight is 415 g/mol. The summed E-state index contributed by atoms with van der Waals surface area (Å²) in [7, 11) is 1.66. The van der Waals surface area contributed by atoms with Gasteiger partial charge in [0, 0.05) is 36.5 Å². The molecule has 3 rings (SSSR count). The van der Waals surface area contributed by atoms with Gasteiger partial charge in [-0.05, 0) is 36.8 Å². The second kappa shape index (κ2) is 10.4. The number of methoxy groups -OCH3 is 1. The Balaban J connectivity index is 1.77. The predicted molar refractivity (Wildman–Crippen MR) is 116 cm³/mol. The number of likely N-dealkylation sites (tertiary alicyclic amines) is 1. The van der Waals surface area contributed by atoms with Gasteiger partial charge in [0.05, 0.1) is 19.6 Å². The maximum Gasteiger partial charge on any atom is 0.228 e. The molecule has 156 valence electrons. The van der Waals surface area contributed by atoms with Gasteiger partial charge in [-0.3, -0.25) is 9.59 Å². The number of hydrogen-bond donors (Lipinski definition) is 0. The molecule has 1 fully saturated rings. The summed E-state index contributed by atoms with van der Waals surface area (Å²) >= 11 is 1.66. The molecule has 2 heterocycles. The Morgan fingerprint density at radius 3 is 2.76 bits per heavy atom. The van der Waals surface area contributed by atoms with Crippen LogP contribution in [-0.2, 0) is 22.7 Å². The molecule has 0 N–H and O–H groups in total. The van der Waals surface area contributed by atoms with Crippen molar-refractivity contribution in [1.82, 2.24) is 9.80 Å². The number of benzene rings is 1. The van der Waals surface area contributed by atoms with E-state index in [0.29, 0.717) is 26.1 Å². The Labute approximate surface area is 177 Å². The highest BCUT2D eigenvalue weighted by molar-refractivity contribution is 7.09. The summed E-state index contributed by atoms with van der Waals surface area (Å²) in [5.74, 6) is 0.942. The zero-order valence-corrected chi connectivity index (χ0v) is 18.1. The highest BCUT2D eigenvalue weighted by atomic mass is 32.1. The van der Waals surface area contributed by atoms with Gasteiger partial charge in [0.2, 0.25) is 11.8 Å². The second-order valence-electron chi connectivity index (χ2n) is 7.51. The Morgan fingerprint density at radius 1 is 1.21 bits per heavy atom. The Kier molecular flexibility index (Phi) is 7.69. The summed E-state index contributed by atoms with van der Waals surface area (Å²) in [5.41, 5.74) is 0.995. The van der Waals surface area contributed by atoms with Crippen LogP contribution in [-0.4, -0.2) is 41.8 Å². The molecule has 1 aliphatic heterocycles. The standard InChI is InChI=1S/C23H30N2O3S/c1-3-8-22(26)24-13-6-10-19(16-24)23(27)25(17-20-11-7-14-29-20)15-18-9-4-5-12-21(18)28-2/h4-5,7,9,11-12,14,19H,3,6,8,10,13,15-17H2,1-2H3. The number of rotatable bonds is 8. The quantitative estimate of drug-likeness (QED) is 0.646. The van der Waals surface area contributed by atoms with Crippen molar-refractivity contribution in [2.24, 2.45) is 5.92 Å². The summed E-state index contributed by atoms with van der Waals surface area (Å²) < 4.78 is 5.49. The minimum atomic E-state index is -0.140. The maximum absolute atomic E-state index is 13.5. The van der Waals surface area contributed by atoms with Crippen LogP contribution in [0, 0.1) is 5.92 Å². The zero-order chi connectivity index (χ0) is 20.6. The molecule has 0 radical (unpaired) electrons. The number of ether oxygens (including phenoxy) is 1. The normalized spacial score (nSPS) is 16.5. The molecule has 6 heteroatoms. The van der Waals surface area contributed by atoms with E-state index in [4.69, 9.17) is 4.74 Å². The molecule has 0 aliphatic carbocycles. The molecule has 1 aromatic heterocycles. The van der Waals surface area contributed by atoms with E-state index in [2.05, 4.69) is 6.07 Å². The first-order chi connectivity index (χ1) is 14.1. The van der Waals surface area contributed by atoms with E-state index < -0.39 is 0 Å². The van der Waals surface area contributed by atoms with E-state index in [1.54, 1.807) is 18.4 Å². The molecule has 1 aliphatic rings. The lowest BCUT2D eigenvalue weighted by atomic mass is 9.95. The lowest BCUT2D eigenvalue weighted by Gasteiger charge is -2.35. The topological polar surface area (TPSA) is 49.9 Å². The van der Waals surface area contributed by atoms with Crippen molar-refractivity contribution in [3.8, 4) is 5.75 Å². The molecule has 1 atom stereocenters. The van der Waals surface area contributed by atoms with Crippen LogP contribution in [0.25, 0.3) is 0 Å². The maximum atomic E-state index is 13.5. The summed E-state index contributed by atoms with van der Waals surface area (Å²) in [6, 6.07) is 11.9. The smallest absolute Gasteiger partial charge is 0.228 e. The van der Waals surface area contributed by atoms with Crippen LogP contribution in [0.15, 0.2) is 41.8 Å². The highest BCUT2D eigenvalue weighted by Gasteiger charge is 2.31. The van der Waals surface area contributed by atoms with Crippen molar-refractivity contribution in [3.05, 3.63) is 52.2 Å². The molecule has 0 bridgehead atoms. The molecule has 2 amide bonds. The van der Waals surface area contributed by atoms with Crippen molar-refractivity contribution < 1.29 is 14.3 Å².